The molecular formula is C19H14Cl2O3. The normalized spacial score (nSPS) is 17.8. The number of hydrogen-bond donors (Lipinski definition) is 2. The SMILES string of the molecule is O=C1/C(=C\c2ccc(O)c(Cl)c2)CC/C1=C\c1ccc(O)c(Cl)c1. The van der Waals surface area contributed by atoms with Gasteiger partial charge in [-0.15, -0.1) is 0 Å². The number of rotatable bonds is 2. The monoisotopic (exact) mass is 360 g/mol. The molecule has 0 bridgehead atoms. The molecule has 24 heavy (non-hydrogen) atoms. The maximum absolute atomic E-state index is 12.5. The summed E-state index contributed by atoms with van der Waals surface area (Å²) in [7, 11) is 0. The molecule has 0 radical (unpaired) electrons. The molecular weight excluding hydrogens is 347 g/mol. The molecule has 0 heterocycles. The molecule has 0 aliphatic heterocycles. The van der Waals surface area contributed by atoms with Crippen LogP contribution in [0.15, 0.2) is 47.5 Å². The van der Waals surface area contributed by atoms with Crippen LogP contribution in [0.1, 0.15) is 24.0 Å². The first kappa shape index (κ1) is 16.6. The number of ketones is 1. The Bertz CT molecular complexity index is 811. The van der Waals surface area contributed by atoms with E-state index in [0.717, 1.165) is 11.1 Å². The maximum atomic E-state index is 12.5. The molecule has 0 spiro atoms. The average Bonchev–Trinajstić information content (AvgIpc) is 2.88. The number of Topliss-reactive ketones (excluding diaryl/α,β-unsaturated/α-hetero) is 1. The number of carbonyl (C=O) groups is 1. The maximum Gasteiger partial charge on any atom is 0.185 e. The van der Waals surface area contributed by atoms with E-state index >= 15 is 0 Å². The predicted molar refractivity (Wildman–Crippen MR) is 96.4 cm³/mol. The number of phenolic OH excluding ortho intramolecular Hbond substituents is 2. The van der Waals surface area contributed by atoms with Gasteiger partial charge in [0, 0.05) is 11.1 Å². The van der Waals surface area contributed by atoms with Gasteiger partial charge in [0.15, 0.2) is 5.78 Å². The molecule has 0 amide bonds. The van der Waals surface area contributed by atoms with Gasteiger partial charge in [-0.3, -0.25) is 4.79 Å². The Morgan fingerprint density at radius 3 is 1.58 bits per heavy atom. The standard InChI is InChI=1S/C19H14Cl2O3/c20-15-9-11(1-5-17(15)22)7-13-3-4-14(19(13)24)8-12-2-6-18(23)16(21)10-12/h1-2,5-10,22-23H,3-4H2/b13-7-,14-8+. The smallest absolute Gasteiger partial charge is 0.185 e. The molecule has 0 atom stereocenters. The summed E-state index contributed by atoms with van der Waals surface area (Å²) in [6.45, 7) is 0. The summed E-state index contributed by atoms with van der Waals surface area (Å²) >= 11 is 11.8. The highest BCUT2D eigenvalue weighted by Gasteiger charge is 2.23. The van der Waals surface area contributed by atoms with E-state index in [4.69, 9.17) is 23.2 Å². The number of aromatic hydroxyl groups is 2. The number of phenols is 2. The summed E-state index contributed by atoms with van der Waals surface area (Å²) in [5.41, 5.74) is 2.95. The Morgan fingerprint density at radius 1 is 0.792 bits per heavy atom. The van der Waals surface area contributed by atoms with Crippen molar-refractivity contribution in [3.8, 4) is 11.5 Å². The highest BCUT2D eigenvalue weighted by molar-refractivity contribution is 6.32. The number of hydrogen-bond acceptors (Lipinski definition) is 3. The largest absolute Gasteiger partial charge is 0.506 e. The van der Waals surface area contributed by atoms with Crippen LogP contribution in [0.25, 0.3) is 12.2 Å². The lowest BCUT2D eigenvalue weighted by atomic mass is 10.1. The third-order valence-corrected chi connectivity index (χ3v) is 4.48. The molecule has 3 rings (SSSR count). The van der Waals surface area contributed by atoms with Gasteiger partial charge in [-0.2, -0.15) is 0 Å². The molecule has 3 nitrogen and oxygen atoms in total. The van der Waals surface area contributed by atoms with Crippen molar-refractivity contribution >= 4 is 41.1 Å². The molecule has 2 aromatic carbocycles. The van der Waals surface area contributed by atoms with Gasteiger partial charge in [-0.05, 0) is 60.4 Å². The van der Waals surface area contributed by atoms with Crippen LogP contribution in [0.2, 0.25) is 10.0 Å². The van der Waals surface area contributed by atoms with Gasteiger partial charge in [0.25, 0.3) is 0 Å². The number of carbonyl (C=O) groups excluding carboxylic acids is 1. The van der Waals surface area contributed by atoms with Crippen molar-refractivity contribution in [2.45, 2.75) is 12.8 Å². The zero-order chi connectivity index (χ0) is 17.3. The van der Waals surface area contributed by atoms with E-state index in [-0.39, 0.29) is 27.3 Å². The Balaban J connectivity index is 1.86. The highest BCUT2D eigenvalue weighted by Crippen LogP contribution is 2.32. The second-order valence-electron chi connectivity index (χ2n) is 5.59. The summed E-state index contributed by atoms with van der Waals surface area (Å²) in [5.74, 6) is 0.0195. The van der Waals surface area contributed by atoms with Crippen molar-refractivity contribution < 1.29 is 15.0 Å². The summed E-state index contributed by atoms with van der Waals surface area (Å²) in [6.07, 6.45) is 4.88. The van der Waals surface area contributed by atoms with Gasteiger partial charge in [0.05, 0.1) is 10.0 Å². The molecule has 0 unspecified atom stereocenters. The van der Waals surface area contributed by atoms with E-state index in [0.29, 0.717) is 24.0 Å². The Hall–Kier alpha value is -2.23. The quantitative estimate of drug-likeness (QED) is 0.720. The fraction of sp³-hybridized carbons (Fsp3) is 0.105. The lowest BCUT2D eigenvalue weighted by molar-refractivity contribution is -0.111. The van der Waals surface area contributed by atoms with Crippen LogP contribution in [0.5, 0.6) is 11.5 Å². The second kappa shape index (κ2) is 6.71. The van der Waals surface area contributed by atoms with Gasteiger partial charge in [-0.1, -0.05) is 35.3 Å². The van der Waals surface area contributed by atoms with Crippen molar-refractivity contribution in [1.29, 1.82) is 0 Å². The third-order valence-electron chi connectivity index (χ3n) is 3.87. The van der Waals surface area contributed by atoms with E-state index < -0.39 is 0 Å². The molecule has 2 N–H and O–H groups in total. The fourth-order valence-electron chi connectivity index (χ4n) is 2.61. The molecule has 0 aromatic heterocycles. The molecule has 1 fully saturated rings. The molecule has 122 valence electrons. The number of allylic oxidation sites excluding steroid dienone is 2. The van der Waals surface area contributed by atoms with E-state index in [1.807, 2.05) is 0 Å². The first-order valence-corrected chi connectivity index (χ1v) is 8.12. The van der Waals surface area contributed by atoms with Gasteiger partial charge < -0.3 is 10.2 Å². The fourth-order valence-corrected chi connectivity index (χ4v) is 2.98. The lowest BCUT2D eigenvalue weighted by Crippen LogP contribution is -1.95. The predicted octanol–water partition coefficient (Wildman–Crippen LogP) is 5.23. The first-order valence-electron chi connectivity index (χ1n) is 7.37. The van der Waals surface area contributed by atoms with Gasteiger partial charge in [0.2, 0.25) is 0 Å². The average molecular weight is 361 g/mol. The number of halogens is 2. The van der Waals surface area contributed by atoms with E-state index in [1.165, 1.54) is 12.1 Å². The van der Waals surface area contributed by atoms with Gasteiger partial charge >= 0.3 is 0 Å². The van der Waals surface area contributed by atoms with Crippen molar-refractivity contribution in [2.24, 2.45) is 0 Å². The summed E-state index contributed by atoms with van der Waals surface area (Å²) < 4.78 is 0. The molecule has 1 aliphatic rings. The van der Waals surface area contributed by atoms with Crippen LogP contribution >= 0.6 is 23.2 Å². The summed E-state index contributed by atoms with van der Waals surface area (Å²) in [5, 5.41) is 19.4. The first-order chi connectivity index (χ1) is 11.4. The lowest BCUT2D eigenvalue weighted by Gasteiger charge is -2.01. The zero-order valence-electron chi connectivity index (χ0n) is 12.6. The van der Waals surface area contributed by atoms with E-state index in [2.05, 4.69) is 0 Å². The van der Waals surface area contributed by atoms with Crippen LogP contribution in [-0.4, -0.2) is 16.0 Å². The Morgan fingerprint density at radius 2 is 1.21 bits per heavy atom. The molecule has 1 saturated carbocycles. The van der Waals surface area contributed by atoms with Crippen molar-refractivity contribution in [1.82, 2.24) is 0 Å². The van der Waals surface area contributed by atoms with Crippen LogP contribution in [-0.2, 0) is 4.79 Å². The minimum atomic E-state index is -0.0107. The van der Waals surface area contributed by atoms with Crippen molar-refractivity contribution in [3.05, 3.63) is 68.7 Å². The van der Waals surface area contributed by atoms with E-state index in [9.17, 15) is 15.0 Å². The van der Waals surface area contributed by atoms with Gasteiger partial charge in [-0.25, -0.2) is 0 Å². The van der Waals surface area contributed by atoms with Gasteiger partial charge in [0.1, 0.15) is 11.5 Å². The number of benzene rings is 2. The molecule has 0 saturated heterocycles. The zero-order valence-corrected chi connectivity index (χ0v) is 14.1. The summed E-state index contributed by atoms with van der Waals surface area (Å²) in [6, 6.07) is 9.68. The summed E-state index contributed by atoms with van der Waals surface area (Å²) in [4.78, 5) is 12.5. The van der Waals surface area contributed by atoms with Crippen LogP contribution in [0.3, 0.4) is 0 Å². The second-order valence-corrected chi connectivity index (χ2v) is 6.40. The third kappa shape index (κ3) is 3.48. The Kier molecular flexibility index (Phi) is 4.65. The van der Waals surface area contributed by atoms with Crippen LogP contribution < -0.4 is 0 Å². The van der Waals surface area contributed by atoms with Crippen molar-refractivity contribution in [3.63, 3.8) is 0 Å². The van der Waals surface area contributed by atoms with Crippen LogP contribution in [0, 0.1) is 0 Å². The topological polar surface area (TPSA) is 57.5 Å². The molecule has 5 heteroatoms. The Labute approximate surface area is 149 Å². The van der Waals surface area contributed by atoms with Crippen LogP contribution in [0.4, 0.5) is 0 Å². The highest BCUT2D eigenvalue weighted by atomic mass is 35.5. The van der Waals surface area contributed by atoms with Crippen molar-refractivity contribution in [2.75, 3.05) is 0 Å². The van der Waals surface area contributed by atoms with E-state index in [1.54, 1.807) is 36.4 Å². The molecule has 1 aliphatic carbocycles. The minimum Gasteiger partial charge on any atom is -0.506 e. The minimum absolute atomic E-state index is 0.0107. The molecule has 2 aromatic rings.